The molecular formula is C13H20N2O3S. The lowest BCUT2D eigenvalue weighted by atomic mass is 9.81. The van der Waals surface area contributed by atoms with Gasteiger partial charge < -0.3 is 5.11 Å². The minimum absolute atomic E-state index is 0.318. The van der Waals surface area contributed by atoms with Gasteiger partial charge in [0.2, 0.25) is 0 Å². The molecule has 2 atom stereocenters. The fraction of sp³-hybridized carbons (Fsp3) is 0.769. The molecule has 2 fully saturated rings. The predicted molar refractivity (Wildman–Crippen MR) is 71.4 cm³/mol. The van der Waals surface area contributed by atoms with Gasteiger partial charge >= 0.3 is 0 Å². The molecular weight excluding hydrogens is 264 g/mol. The highest BCUT2D eigenvalue weighted by atomic mass is 32.2. The molecule has 0 saturated carbocycles. The number of aromatic nitrogens is 2. The highest BCUT2D eigenvalue weighted by Gasteiger charge is 2.51. The van der Waals surface area contributed by atoms with E-state index in [4.69, 9.17) is 0 Å². The van der Waals surface area contributed by atoms with Crippen molar-refractivity contribution in [2.24, 2.45) is 7.05 Å². The first-order chi connectivity index (χ1) is 8.83. The van der Waals surface area contributed by atoms with Crippen molar-refractivity contribution in [2.45, 2.75) is 55.1 Å². The molecule has 2 aliphatic rings. The smallest absolute Gasteiger partial charge is 0.156 e. The maximum atomic E-state index is 12.3. The maximum absolute atomic E-state index is 12.3. The monoisotopic (exact) mass is 284 g/mol. The molecule has 2 unspecified atom stereocenters. The Balaban J connectivity index is 2.02. The zero-order valence-electron chi connectivity index (χ0n) is 11.3. The Bertz CT molecular complexity index is 585. The lowest BCUT2D eigenvalue weighted by Crippen LogP contribution is -2.50. The number of aliphatic hydroxyl groups is 1. The average Bonchev–Trinajstić information content (AvgIpc) is 2.61. The van der Waals surface area contributed by atoms with Crippen LogP contribution in [0.4, 0.5) is 0 Å². The fourth-order valence-electron chi connectivity index (χ4n) is 3.72. The maximum Gasteiger partial charge on any atom is 0.156 e. The molecule has 3 heterocycles. The summed E-state index contributed by atoms with van der Waals surface area (Å²) in [4.78, 5) is 0. The molecule has 1 aromatic rings. The Labute approximate surface area is 113 Å². The van der Waals surface area contributed by atoms with Crippen LogP contribution in [0.3, 0.4) is 0 Å². The summed E-state index contributed by atoms with van der Waals surface area (Å²) in [5.74, 6) is 0. The topological polar surface area (TPSA) is 72.2 Å². The number of rotatable bonds is 1. The number of sulfone groups is 1. The van der Waals surface area contributed by atoms with Gasteiger partial charge in [-0.3, -0.25) is 4.68 Å². The number of hydrogen-bond donors (Lipinski definition) is 1. The molecule has 0 amide bonds. The minimum atomic E-state index is -3.04. The third-order valence-corrected chi connectivity index (χ3v) is 7.29. The standard InChI is InChI=1S/C13H20N2O3S/c1-9-12(8-15(2)14-9)13(16)6-10-4-3-5-11(7-13)19(10,17)18/h8,10-11,16H,3-7H2,1-2H3. The molecule has 1 aromatic heterocycles. The summed E-state index contributed by atoms with van der Waals surface area (Å²) in [5, 5.41) is 14.5. The van der Waals surface area contributed by atoms with E-state index in [1.807, 2.05) is 20.2 Å². The van der Waals surface area contributed by atoms with Crippen LogP contribution >= 0.6 is 0 Å². The summed E-state index contributed by atoms with van der Waals surface area (Å²) in [5.41, 5.74) is 0.559. The van der Waals surface area contributed by atoms with Crippen molar-refractivity contribution in [3.63, 3.8) is 0 Å². The van der Waals surface area contributed by atoms with Gasteiger partial charge in [0.15, 0.2) is 9.84 Å². The molecule has 106 valence electrons. The van der Waals surface area contributed by atoms with E-state index in [-0.39, 0.29) is 10.5 Å². The first-order valence-corrected chi connectivity index (χ1v) is 8.40. The van der Waals surface area contributed by atoms with Crippen LogP contribution in [0.5, 0.6) is 0 Å². The largest absolute Gasteiger partial charge is 0.385 e. The molecule has 6 heteroatoms. The summed E-state index contributed by atoms with van der Waals surface area (Å²) in [6, 6.07) is 0. The molecule has 0 spiro atoms. The molecule has 19 heavy (non-hydrogen) atoms. The van der Waals surface area contributed by atoms with Crippen molar-refractivity contribution in [3.05, 3.63) is 17.5 Å². The predicted octanol–water partition coefficient (Wildman–Crippen LogP) is 1.05. The SMILES string of the molecule is Cc1nn(C)cc1C1(O)CC2CCCC(C1)S2(=O)=O. The highest BCUT2D eigenvalue weighted by Crippen LogP contribution is 2.46. The summed E-state index contributed by atoms with van der Waals surface area (Å²) in [6.07, 6.45) is 4.78. The van der Waals surface area contributed by atoms with Crippen LogP contribution in [0.25, 0.3) is 0 Å². The van der Waals surface area contributed by atoms with Crippen LogP contribution in [0, 0.1) is 6.92 Å². The van der Waals surface area contributed by atoms with Crippen LogP contribution < -0.4 is 0 Å². The van der Waals surface area contributed by atoms with Gasteiger partial charge in [0.1, 0.15) is 0 Å². The van der Waals surface area contributed by atoms with Crippen molar-refractivity contribution < 1.29 is 13.5 Å². The molecule has 0 aliphatic carbocycles. The molecule has 5 nitrogen and oxygen atoms in total. The molecule has 2 bridgehead atoms. The summed E-state index contributed by atoms with van der Waals surface area (Å²) in [7, 11) is -1.22. The molecule has 3 rings (SSSR count). The quantitative estimate of drug-likeness (QED) is 0.836. The first-order valence-electron chi connectivity index (χ1n) is 6.79. The number of hydrogen-bond acceptors (Lipinski definition) is 4. The van der Waals surface area contributed by atoms with Gasteiger partial charge in [-0.1, -0.05) is 6.42 Å². The molecule has 2 saturated heterocycles. The number of nitrogens with zero attached hydrogens (tertiary/aromatic N) is 2. The zero-order chi connectivity index (χ0) is 13.8. The van der Waals surface area contributed by atoms with Gasteiger partial charge in [0.05, 0.1) is 21.8 Å². The van der Waals surface area contributed by atoms with Crippen LogP contribution in [0.1, 0.15) is 43.4 Å². The van der Waals surface area contributed by atoms with Crippen LogP contribution in [-0.4, -0.2) is 33.8 Å². The van der Waals surface area contributed by atoms with E-state index in [0.717, 1.165) is 17.7 Å². The second kappa shape index (κ2) is 4.06. The lowest BCUT2D eigenvalue weighted by Gasteiger charge is -2.43. The van der Waals surface area contributed by atoms with Gasteiger partial charge in [0, 0.05) is 18.8 Å². The second-order valence-corrected chi connectivity index (χ2v) is 8.52. The summed E-state index contributed by atoms with van der Waals surface area (Å²) < 4.78 is 26.2. The lowest BCUT2D eigenvalue weighted by molar-refractivity contribution is 0.00440. The van der Waals surface area contributed by atoms with E-state index in [0.29, 0.717) is 25.7 Å². The molecule has 0 aromatic carbocycles. The third-order valence-electron chi connectivity index (χ3n) is 4.63. The zero-order valence-corrected chi connectivity index (χ0v) is 12.2. The average molecular weight is 284 g/mol. The Morgan fingerprint density at radius 1 is 1.37 bits per heavy atom. The highest BCUT2D eigenvalue weighted by molar-refractivity contribution is 7.92. The van der Waals surface area contributed by atoms with E-state index in [9.17, 15) is 13.5 Å². The van der Waals surface area contributed by atoms with E-state index in [1.54, 1.807) is 4.68 Å². The normalized spacial score (nSPS) is 37.2. The van der Waals surface area contributed by atoms with Gasteiger partial charge in [-0.25, -0.2) is 8.42 Å². The number of fused-ring (bicyclic) bond motifs is 2. The van der Waals surface area contributed by atoms with Crippen molar-refractivity contribution >= 4 is 9.84 Å². The molecule has 0 radical (unpaired) electrons. The van der Waals surface area contributed by atoms with Crippen molar-refractivity contribution in [3.8, 4) is 0 Å². The van der Waals surface area contributed by atoms with Crippen molar-refractivity contribution in [2.75, 3.05) is 0 Å². The molecule has 2 aliphatic heterocycles. The summed E-state index contributed by atoms with van der Waals surface area (Å²) in [6.45, 7) is 1.87. The Hall–Kier alpha value is -0.880. The van der Waals surface area contributed by atoms with Crippen molar-refractivity contribution in [1.82, 2.24) is 9.78 Å². The van der Waals surface area contributed by atoms with Gasteiger partial charge in [-0.15, -0.1) is 0 Å². The first kappa shape index (κ1) is 13.1. The van der Waals surface area contributed by atoms with Crippen LogP contribution in [0.2, 0.25) is 0 Å². The van der Waals surface area contributed by atoms with Crippen LogP contribution in [0.15, 0.2) is 6.20 Å². The van der Waals surface area contributed by atoms with E-state index in [1.165, 1.54) is 0 Å². The third kappa shape index (κ3) is 1.92. The Morgan fingerprint density at radius 2 is 1.95 bits per heavy atom. The second-order valence-electron chi connectivity index (χ2n) is 6.01. The van der Waals surface area contributed by atoms with E-state index < -0.39 is 15.4 Å². The van der Waals surface area contributed by atoms with E-state index in [2.05, 4.69) is 5.10 Å². The molecule has 1 N–H and O–H groups in total. The fourth-order valence-corrected chi connectivity index (χ4v) is 6.27. The van der Waals surface area contributed by atoms with Gasteiger partial charge in [-0.2, -0.15) is 5.10 Å². The van der Waals surface area contributed by atoms with Crippen molar-refractivity contribution in [1.29, 1.82) is 0 Å². The Morgan fingerprint density at radius 3 is 2.42 bits per heavy atom. The summed E-state index contributed by atoms with van der Waals surface area (Å²) >= 11 is 0. The van der Waals surface area contributed by atoms with Gasteiger partial charge in [-0.05, 0) is 32.6 Å². The van der Waals surface area contributed by atoms with Gasteiger partial charge in [0.25, 0.3) is 0 Å². The Kier molecular flexibility index (Phi) is 2.80. The minimum Gasteiger partial charge on any atom is -0.385 e. The van der Waals surface area contributed by atoms with Crippen LogP contribution in [-0.2, 0) is 22.5 Å². The number of aryl methyl sites for hydroxylation is 2. The van der Waals surface area contributed by atoms with E-state index >= 15 is 0 Å².